The monoisotopic (exact) mass is 320 g/mol. The minimum atomic E-state index is -0.196. The smallest absolute Gasteiger partial charge is 0.308 e. The Bertz CT molecular complexity index is 566. The first-order valence-electron chi connectivity index (χ1n) is 7.96. The van der Waals surface area contributed by atoms with Crippen molar-refractivity contribution in [2.24, 2.45) is 5.92 Å². The van der Waals surface area contributed by atoms with Gasteiger partial charge >= 0.3 is 5.97 Å². The highest BCUT2D eigenvalue weighted by Gasteiger charge is 2.28. The molecular formula is C17H24N2O4. The van der Waals surface area contributed by atoms with Gasteiger partial charge in [-0.15, -0.1) is 0 Å². The summed E-state index contributed by atoms with van der Waals surface area (Å²) in [5.41, 5.74) is 6.96. The molecular weight excluding hydrogens is 296 g/mol. The van der Waals surface area contributed by atoms with E-state index >= 15 is 0 Å². The second-order valence-corrected chi connectivity index (χ2v) is 5.69. The molecule has 2 N–H and O–H groups in total. The largest absolute Gasteiger partial charge is 0.491 e. The van der Waals surface area contributed by atoms with Gasteiger partial charge < -0.3 is 20.1 Å². The quantitative estimate of drug-likeness (QED) is 0.663. The SMILES string of the molecule is CCCOc1ccc(C(=O)N2CCC(C(=O)OC)CC2)cc1N. The molecule has 0 atom stereocenters. The maximum atomic E-state index is 12.5. The first-order chi connectivity index (χ1) is 11.1. The Kier molecular flexibility index (Phi) is 5.84. The van der Waals surface area contributed by atoms with E-state index in [0.29, 0.717) is 49.5 Å². The fourth-order valence-corrected chi connectivity index (χ4v) is 2.69. The number of rotatable bonds is 5. The molecule has 0 unspecified atom stereocenters. The Morgan fingerprint density at radius 2 is 2.00 bits per heavy atom. The maximum Gasteiger partial charge on any atom is 0.308 e. The van der Waals surface area contributed by atoms with Crippen LogP contribution in [-0.2, 0) is 9.53 Å². The number of piperidine rings is 1. The van der Waals surface area contributed by atoms with E-state index in [1.54, 1.807) is 23.1 Å². The number of esters is 1. The minimum absolute atomic E-state index is 0.0675. The van der Waals surface area contributed by atoms with E-state index in [9.17, 15) is 9.59 Å². The third kappa shape index (κ3) is 4.15. The number of carbonyl (C=O) groups excluding carboxylic acids is 2. The van der Waals surface area contributed by atoms with Crippen molar-refractivity contribution in [1.29, 1.82) is 0 Å². The number of benzene rings is 1. The number of amides is 1. The molecule has 1 aromatic carbocycles. The lowest BCUT2D eigenvalue weighted by atomic mass is 9.96. The lowest BCUT2D eigenvalue weighted by Gasteiger charge is -2.30. The number of likely N-dealkylation sites (tertiary alicyclic amines) is 1. The molecule has 6 heteroatoms. The standard InChI is InChI=1S/C17H24N2O4/c1-3-10-23-15-5-4-13(11-14(15)18)16(20)19-8-6-12(7-9-19)17(21)22-2/h4-5,11-12H,3,6-10,18H2,1-2H3. The second-order valence-electron chi connectivity index (χ2n) is 5.69. The van der Waals surface area contributed by atoms with Crippen LogP contribution < -0.4 is 10.5 Å². The molecule has 0 spiro atoms. The predicted molar refractivity (Wildman–Crippen MR) is 87.3 cm³/mol. The molecule has 0 saturated carbocycles. The van der Waals surface area contributed by atoms with Crippen LogP contribution in [0.5, 0.6) is 5.75 Å². The van der Waals surface area contributed by atoms with Crippen molar-refractivity contribution < 1.29 is 19.1 Å². The molecule has 1 aliphatic rings. The predicted octanol–water partition coefficient (Wildman–Crippen LogP) is 2.08. The van der Waals surface area contributed by atoms with E-state index in [1.165, 1.54) is 7.11 Å². The summed E-state index contributed by atoms with van der Waals surface area (Å²) in [6.07, 6.45) is 2.16. The number of anilines is 1. The Balaban J connectivity index is 1.98. The van der Waals surface area contributed by atoms with Gasteiger partial charge in [-0.05, 0) is 37.5 Å². The van der Waals surface area contributed by atoms with E-state index < -0.39 is 0 Å². The number of nitrogens with two attached hydrogens (primary N) is 1. The molecule has 0 bridgehead atoms. The van der Waals surface area contributed by atoms with Gasteiger partial charge in [-0.1, -0.05) is 6.92 Å². The van der Waals surface area contributed by atoms with Gasteiger partial charge in [0.15, 0.2) is 0 Å². The van der Waals surface area contributed by atoms with Gasteiger partial charge in [-0.2, -0.15) is 0 Å². The number of methoxy groups -OCH3 is 1. The van der Waals surface area contributed by atoms with E-state index in [-0.39, 0.29) is 17.8 Å². The molecule has 2 rings (SSSR count). The van der Waals surface area contributed by atoms with Crippen molar-refractivity contribution in [1.82, 2.24) is 4.90 Å². The average Bonchev–Trinajstić information content (AvgIpc) is 2.59. The van der Waals surface area contributed by atoms with Crippen molar-refractivity contribution in [3.63, 3.8) is 0 Å². The van der Waals surface area contributed by atoms with E-state index in [1.807, 2.05) is 6.92 Å². The second kappa shape index (κ2) is 7.85. The van der Waals surface area contributed by atoms with Gasteiger partial charge in [0.25, 0.3) is 5.91 Å². The number of hydrogen-bond donors (Lipinski definition) is 1. The van der Waals surface area contributed by atoms with Crippen LogP contribution in [0.2, 0.25) is 0 Å². The summed E-state index contributed by atoms with van der Waals surface area (Å²) in [7, 11) is 1.39. The van der Waals surface area contributed by atoms with Crippen LogP contribution >= 0.6 is 0 Å². The molecule has 1 fully saturated rings. The lowest BCUT2D eigenvalue weighted by molar-refractivity contribution is -0.146. The van der Waals surface area contributed by atoms with Crippen LogP contribution in [0.15, 0.2) is 18.2 Å². The van der Waals surface area contributed by atoms with Crippen LogP contribution in [0, 0.1) is 5.92 Å². The van der Waals surface area contributed by atoms with Crippen molar-refractivity contribution in [2.45, 2.75) is 26.2 Å². The fraction of sp³-hybridized carbons (Fsp3) is 0.529. The van der Waals surface area contributed by atoms with Crippen molar-refractivity contribution in [3.8, 4) is 5.75 Å². The summed E-state index contributed by atoms with van der Waals surface area (Å²) in [5, 5.41) is 0. The number of carbonyl (C=O) groups is 2. The lowest BCUT2D eigenvalue weighted by Crippen LogP contribution is -2.40. The van der Waals surface area contributed by atoms with Crippen LogP contribution in [0.4, 0.5) is 5.69 Å². The maximum absolute atomic E-state index is 12.5. The van der Waals surface area contributed by atoms with Crippen molar-refractivity contribution >= 4 is 17.6 Å². The molecule has 1 amide bonds. The van der Waals surface area contributed by atoms with E-state index in [4.69, 9.17) is 15.2 Å². The van der Waals surface area contributed by atoms with Crippen LogP contribution in [0.1, 0.15) is 36.5 Å². The van der Waals surface area contributed by atoms with Gasteiger partial charge in [0, 0.05) is 18.7 Å². The number of nitrogens with zero attached hydrogens (tertiary/aromatic N) is 1. The van der Waals surface area contributed by atoms with Crippen LogP contribution in [-0.4, -0.2) is 43.6 Å². The third-order valence-corrected chi connectivity index (χ3v) is 4.04. The number of ether oxygens (including phenoxy) is 2. The topological polar surface area (TPSA) is 81.9 Å². The van der Waals surface area contributed by atoms with E-state index in [2.05, 4.69) is 0 Å². The van der Waals surface area contributed by atoms with Gasteiger partial charge in [-0.3, -0.25) is 9.59 Å². The normalized spacial score (nSPS) is 15.3. The Morgan fingerprint density at radius 3 is 2.57 bits per heavy atom. The van der Waals surface area contributed by atoms with Crippen LogP contribution in [0.25, 0.3) is 0 Å². The molecule has 1 saturated heterocycles. The number of hydrogen-bond acceptors (Lipinski definition) is 5. The molecule has 0 radical (unpaired) electrons. The molecule has 6 nitrogen and oxygen atoms in total. The molecule has 23 heavy (non-hydrogen) atoms. The summed E-state index contributed by atoms with van der Waals surface area (Å²) in [4.78, 5) is 25.8. The number of nitrogen functional groups attached to an aromatic ring is 1. The summed E-state index contributed by atoms with van der Waals surface area (Å²) >= 11 is 0. The summed E-state index contributed by atoms with van der Waals surface area (Å²) in [5.74, 6) is 0.229. The third-order valence-electron chi connectivity index (χ3n) is 4.04. The zero-order valence-corrected chi connectivity index (χ0v) is 13.7. The molecule has 1 aliphatic heterocycles. The zero-order chi connectivity index (χ0) is 16.8. The van der Waals surface area contributed by atoms with Gasteiger partial charge in [-0.25, -0.2) is 0 Å². The zero-order valence-electron chi connectivity index (χ0n) is 13.7. The highest BCUT2D eigenvalue weighted by atomic mass is 16.5. The van der Waals surface area contributed by atoms with Crippen molar-refractivity contribution in [3.05, 3.63) is 23.8 Å². The Hall–Kier alpha value is -2.24. The first kappa shape index (κ1) is 17.1. The first-order valence-corrected chi connectivity index (χ1v) is 7.96. The minimum Gasteiger partial charge on any atom is -0.491 e. The summed E-state index contributed by atoms with van der Waals surface area (Å²) in [6.45, 7) is 3.71. The summed E-state index contributed by atoms with van der Waals surface area (Å²) < 4.78 is 10.3. The average molecular weight is 320 g/mol. The van der Waals surface area contributed by atoms with Gasteiger partial charge in [0.2, 0.25) is 0 Å². The van der Waals surface area contributed by atoms with Gasteiger partial charge in [0.05, 0.1) is 25.3 Å². The van der Waals surface area contributed by atoms with E-state index in [0.717, 1.165) is 6.42 Å². The van der Waals surface area contributed by atoms with Gasteiger partial charge in [0.1, 0.15) is 5.75 Å². The molecule has 1 heterocycles. The molecule has 126 valence electrons. The fourth-order valence-electron chi connectivity index (χ4n) is 2.69. The van der Waals surface area contributed by atoms with Crippen molar-refractivity contribution in [2.75, 3.05) is 32.5 Å². The highest BCUT2D eigenvalue weighted by Crippen LogP contribution is 2.25. The highest BCUT2D eigenvalue weighted by molar-refractivity contribution is 5.95. The Labute approximate surface area is 136 Å². The molecule has 0 aromatic heterocycles. The molecule has 1 aromatic rings. The Morgan fingerprint density at radius 1 is 1.30 bits per heavy atom. The summed E-state index contributed by atoms with van der Waals surface area (Å²) in [6, 6.07) is 5.12. The molecule has 0 aliphatic carbocycles. The van der Waals surface area contributed by atoms with Crippen LogP contribution in [0.3, 0.4) is 0 Å².